The van der Waals surface area contributed by atoms with Crippen molar-refractivity contribution in [2.75, 3.05) is 0 Å². The van der Waals surface area contributed by atoms with E-state index in [4.69, 9.17) is 9.98 Å². The highest BCUT2D eigenvalue weighted by Gasteiger charge is 2.25. The van der Waals surface area contributed by atoms with Gasteiger partial charge in [-0.15, -0.1) is 0 Å². The summed E-state index contributed by atoms with van der Waals surface area (Å²) >= 11 is 0. The quantitative estimate of drug-likeness (QED) is 0.473. The second kappa shape index (κ2) is 9.93. The molecule has 0 heterocycles. The van der Waals surface area contributed by atoms with Gasteiger partial charge in [0.15, 0.2) is 0 Å². The van der Waals surface area contributed by atoms with Gasteiger partial charge in [-0.25, -0.2) is 0 Å². The molecular weight excluding hydrogens is 420 g/mol. The maximum absolute atomic E-state index is 10.9. The van der Waals surface area contributed by atoms with E-state index in [9.17, 15) is 10.2 Å². The van der Waals surface area contributed by atoms with Gasteiger partial charge < -0.3 is 10.2 Å². The fraction of sp³-hybridized carbons (Fsp3) is 0.533. The van der Waals surface area contributed by atoms with Crippen LogP contribution in [0.1, 0.15) is 101 Å². The average Bonchev–Trinajstić information content (AvgIpc) is 2.73. The normalized spacial score (nSPS) is 19.9. The minimum absolute atomic E-state index is 0.0667. The number of benzene rings is 2. The Hall–Kier alpha value is -2.62. The van der Waals surface area contributed by atoms with Gasteiger partial charge in [0.25, 0.3) is 0 Å². The topological polar surface area (TPSA) is 65.2 Å². The molecule has 184 valence electrons. The van der Waals surface area contributed by atoms with Crippen LogP contribution in [-0.2, 0) is 10.8 Å². The molecule has 0 spiro atoms. The molecule has 0 amide bonds. The van der Waals surface area contributed by atoms with Crippen LogP contribution in [0.25, 0.3) is 0 Å². The Kier molecular flexibility index (Phi) is 7.59. The first-order valence-corrected chi connectivity index (χ1v) is 12.5. The zero-order valence-corrected chi connectivity index (χ0v) is 22.2. The Bertz CT molecular complexity index is 997. The van der Waals surface area contributed by atoms with E-state index in [1.165, 1.54) is 0 Å². The van der Waals surface area contributed by atoms with Crippen molar-refractivity contribution in [2.24, 2.45) is 9.98 Å². The molecule has 2 N–H and O–H groups in total. The summed E-state index contributed by atoms with van der Waals surface area (Å²) in [7, 11) is 0. The minimum atomic E-state index is -0.141. The molecule has 0 bridgehead atoms. The van der Waals surface area contributed by atoms with Gasteiger partial charge in [-0.2, -0.15) is 0 Å². The summed E-state index contributed by atoms with van der Waals surface area (Å²) in [5.74, 6) is 0.634. The standard InChI is InChI=1S/C30H42N2O2/c1-19-13-21(27(33)23(15-19)29(3,4)5)17-31-25-11-9-10-12-26(25)32-18-22-14-20(2)16-24(28(22)34)30(6,7)8/h13-18,25-26,33-34H,9-12H2,1-8H3. The lowest BCUT2D eigenvalue weighted by molar-refractivity contribution is 0.390. The second-order valence-electron chi connectivity index (χ2n) is 12.0. The second-order valence-corrected chi connectivity index (χ2v) is 12.0. The summed E-state index contributed by atoms with van der Waals surface area (Å²) in [5, 5.41) is 21.8. The molecule has 0 aliphatic heterocycles. The first-order chi connectivity index (χ1) is 15.8. The van der Waals surface area contributed by atoms with E-state index in [0.29, 0.717) is 11.5 Å². The molecule has 2 atom stereocenters. The number of rotatable bonds is 4. The van der Waals surface area contributed by atoms with E-state index in [0.717, 1.165) is 59.1 Å². The van der Waals surface area contributed by atoms with Crippen LogP contribution < -0.4 is 0 Å². The van der Waals surface area contributed by atoms with Crippen molar-refractivity contribution in [3.8, 4) is 11.5 Å². The highest BCUT2D eigenvalue weighted by atomic mass is 16.3. The van der Waals surface area contributed by atoms with Crippen LogP contribution in [-0.4, -0.2) is 34.7 Å². The molecule has 3 rings (SSSR count). The van der Waals surface area contributed by atoms with Crippen LogP contribution in [0.4, 0.5) is 0 Å². The van der Waals surface area contributed by atoms with Crippen molar-refractivity contribution in [1.82, 2.24) is 0 Å². The Balaban J connectivity index is 1.88. The van der Waals surface area contributed by atoms with Crippen molar-refractivity contribution in [3.05, 3.63) is 57.6 Å². The highest BCUT2D eigenvalue weighted by molar-refractivity contribution is 5.86. The van der Waals surface area contributed by atoms with Crippen molar-refractivity contribution in [2.45, 2.75) is 104 Å². The smallest absolute Gasteiger partial charge is 0.128 e. The maximum Gasteiger partial charge on any atom is 0.128 e. The van der Waals surface area contributed by atoms with Gasteiger partial charge in [-0.3, -0.25) is 9.98 Å². The molecule has 0 aromatic heterocycles. The highest BCUT2D eigenvalue weighted by Crippen LogP contribution is 2.35. The minimum Gasteiger partial charge on any atom is -0.507 e. The lowest BCUT2D eigenvalue weighted by Gasteiger charge is -2.26. The fourth-order valence-corrected chi connectivity index (χ4v) is 4.75. The summed E-state index contributed by atoms with van der Waals surface area (Å²) in [6.07, 6.45) is 7.88. The Morgan fingerprint density at radius 3 is 1.35 bits per heavy atom. The molecule has 0 radical (unpaired) electrons. The predicted molar refractivity (Wildman–Crippen MR) is 144 cm³/mol. The van der Waals surface area contributed by atoms with Crippen LogP contribution in [0.15, 0.2) is 34.3 Å². The van der Waals surface area contributed by atoms with Gasteiger partial charge in [0.05, 0.1) is 12.1 Å². The molecular formula is C30H42N2O2. The van der Waals surface area contributed by atoms with Gasteiger partial charge in [-0.1, -0.05) is 66.5 Å². The third-order valence-electron chi connectivity index (χ3n) is 6.69. The summed E-state index contributed by atoms with van der Waals surface area (Å²) in [6, 6.07) is 8.23. The molecule has 34 heavy (non-hydrogen) atoms. The first-order valence-electron chi connectivity index (χ1n) is 12.5. The van der Waals surface area contributed by atoms with Gasteiger partial charge in [0.2, 0.25) is 0 Å². The summed E-state index contributed by atoms with van der Waals surface area (Å²) in [5.41, 5.74) is 5.37. The lowest BCUT2D eigenvalue weighted by Crippen LogP contribution is -2.27. The molecule has 2 aromatic rings. The maximum atomic E-state index is 10.9. The van der Waals surface area contributed by atoms with Crippen LogP contribution in [0, 0.1) is 13.8 Å². The Morgan fingerprint density at radius 1 is 0.676 bits per heavy atom. The number of aryl methyl sites for hydroxylation is 2. The molecule has 2 aromatic carbocycles. The van der Waals surface area contributed by atoms with Crippen LogP contribution in [0.5, 0.6) is 11.5 Å². The molecule has 4 nitrogen and oxygen atoms in total. The first kappa shape index (κ1) is 26.0. The van der Waals surface area contributed by atoms with Gasteiger partial charge in [0.1, 0.15) is 11.5 Å². The number of phenolic OH excluding ortho intramolecular Hbond substituents is 2. The number of phenols is 2. The number of aliphatic imine (C=N–C) groups is 2. The SMILES string of the molecule is Cc1cc(C=NC2CCCCC2N=Cc2cc(C)cc(C(C)(C)C)c2O)c(O)c(C(C)(C)C)c1. The van der Waals surface area contributed by atoms with Crippen LogP contribution in [0.2, 0.25) is 0 Å². The monoisotopic (exact) mass is 462 g/mol. The van der Waals surface area contributed by atoms with E-state index in [-0.39, 0.29) is 22.9 Å². The van der Waals surface area contributed by atoms with Crippen molar-refractivity contribution in [1.29, 1.82) is 0 Å². The van der Waals surface area contributed by atoms with E-state index >= 15 is 0 Å². The number of hydrogen-bond acceptors (Lipinski definition) is 4. The fourth-order valence-electron chi connectivity index (χ4n) is 4.75. The van der Waals surface area contributed by atoms with E-state index in [1.807, 2.05) is 24.6 Å². The van der Waals surface area contributed by atoms with Crippen LogP contribution in [0.3, 0.4) is 0 Å². The van der Waals surface area contributed by atoms with Crippen molar-refractivity contribution in [3.63, 3.8) is 0 Å². The Morgan fingerprint density at radius 2 is 1.03 bits per heavy atom. The van der Waals surface area contributed by atoms with Crippen LogP contribution >= 0.6 is 0 Å². The summed E-state index contributed by atoms with van der Waals surface area (Å²) in [4.78, 5) is 9.82. The molecule has 4 heteroatoms. The predicted octanol–water partition coefficient (Wildman–Crippen LogP) is 7.16. The molecule has 1 fully saturated rings. The van der Waals surface area contributed by atoms with Gasteiger partial charge >= 0.3 is 0 Å². The van der Waals surface area contributed by atoms with Gasteiger partial charge in [0, 0.05) is 34.7 Å². The molecule has 0 saturated heterocycles. The summed E-state index contributed by atoms with van der Waals surface area (Å²) < 4.78 is 0. The largest absolute Gasteiger partial charge is 0.507 e. The lowest BCUT2D eigenvalue weighted by atomic mass is 9.84. The van der Waals surface area contributed by atoms with E-state index in [1.54, 1.807) is 0 Å². The molecule has 1 aliphatic rings. The zero-order chi connectivity index (χ0) is 25.3. The number of aromatic hydroxyl groups is 2. The molecule has 1 saturated carbocycles. The zero-order valence-electron chi connectivity index (χ0n) is 22.2. The van der Waals surface area contributed by atoms with Crippen molar-refractivity contribution >= 4 is 12.4 Å². The summed E-state index contributed by atoms with van der Waals surface area (Å²) in [6.45, 7) is 16.8. The van der Waals surface area contributed by atoms with Gasteiger partial charge in [-0.05, 0) is 60.8 Å². The average molecular weight is 463 g/mol. The van der Waals surface area contributed by atoms with E-state index in [2.05, 4.69) is 67.5 Å². The number of nitrogens with zero attached hydrogens (tertiary/aromatic N) is 2. The molecule has 2 unspecified atom stereocenters. The number of hydrogen-bond donors (Lipinski definition) is 2. The van der Waals surface area contributed by atoms with E-state index < -0.39 is 0 Å². The third kappa shape index (κ3) is 6.08. The molecule has 1 aliphatic carbocycles. The Labute approximate surface area is 205 Å². The third-order valence-corrected chi connectivity index (χ3v) is 6.69. The van der Waals surface area contributed by atoms with Crippen molar-refractivity contribution < 1.29 is 10.2 Å².